The summed E-state index contributed by atoms with van der Waals surface area (Å²) in [5, 5.41) is 2.95. The molecular weight excluding hydrogens is 360 g/mol. The fourth-order valence-corrected chi connectivity index (χ4v) is 5.12. The van der Waals surface area contributed by atoms with Crippen LogP contribution in [0.15, 0.2) is 53.4 Å². The average molecular weight is 387 g/mol. The number of benzene rings is 2. The molecule has 5 nitrogen and oxygen atoms in total. The second kappa shape index (κ2) is 7.82. The summed E-state index contributed by atoms with van der Waals surface area (Å²) < 4.78 is 27.4. The monoisotopic (exact) mass is 386 g/mol. The van der Waals surface area contributed by atoms with E-state index in [0.29, 0.717) is 19.4 Å². The summed E-state index contributed by atoms with van der Waals surface area (Å²) in [6, 6.07) is 13.7. The van der Waals surface area contributed by atoms with Gasteiger partial charge in [-0.3, -0.25) is 4.79 Å². The van der Waals surface area contributed by atoms with Crippen LogP contribution in [0, 0.1) is 6.92 Å². The van der Waals surface area contributed by atoms with E-state index in [1.54, 1.807) is 24.3 Å². The second-order valence-electron chi connectivity index (χ2n) is 7.32. The number of rotatable bonds is 5. The van der Waals surface area contributed by atoms with Gasteiger partial charge in [0, 0.05) is 12.2 Å². The molecule has 2 aromatic carbocycles. The van der Waals surface area contributed by atoms with E-state index in [2.05, 4.69) is 19.2 Å². The molecule has 27 heavy (non-hydrogen) atoms. The lowest BCUT2D eigenvalue weighted by Gasteiger charge is -2.24. The summed E-state index contributed by atoms with van der Waals surface area (Å²) in [6.07, 6.45) is 1.20. The number of carbonyl (C=O) groups excluding carboxylic acids is 1. The molecular formula is C21H26N2O3S. The molecule has 0 saturated carbocycles. The van der Waals surface area contributed by atoms with Crippen molar-refractivity contribution in [2.75, 3.05) is 11.9 Å². The van der Waals surface area contributed by atoms with Crippen LogP contribution in [-0.4, -0.2) is 31.2 Å². The van der Waals surface area contributed by atoms with Crippen LogP contribution in [0.2, 0.25) is 0 Å². The van der Waals surface area contributed by atoms with E-state index in [-0.39, 0.29) is 16.7 Å². The van der Waals surface area contributed by atoms with Gasteiger partial charge in [-0.1, -0.05) is 49.7 Å². The Balaban J connectivity index is 1.84. The van der Waals surface area contributed by atoms with Crippen LogP contribution in [0.4, 0.5) is 5.69 Å². The number of nitrogens with zero attached hydrogens (tertiary/aromatic N) is 1. The van der Waals surface area contributed by atoms with Crippen LogP contribution < -0.4 is 5.32 Å². The molecule has 6 heteroatoms. The number of amides is 1. The maximum atomic E-state index is 13.0. The minimum atomic E-state index is -3.70. The molecule has 1 saturated heterocycles. The lowest BCUT2D eigenvalue weighted by atomic mass is 10.0. The number of hydrogen-bond acceptors (Lipinski definition) is 3. The molecule has 0 aliphatic carbocycles. The first kappa shape index (κ1) is 19.6. The molecule has 1 heterocycles. The van der Waals surface area contributed by atoms with E-state index in [0.717, 1.165) is 16.8 Å². The molecule has 1 atom stereocenters. The van der Waals surface area contributed by atoms with Crippen molar-refractivity contribution in [3.05, 3.63) is 59.7 Å². The Hall–Kier alpha value is -2.18. The third-order valence-corrected chi connectivity index (χ3v) is 6.90. The van der Waals surface area contributed by atoms with Gasteiger partial charge in [-0.05, 0) is 49.4 Å². The van der Waals surface area contributed by atoms with Crippen LogP contribution >= 0.6 is 0 Å². The van der Waals surface area contributed by atoms with E-state index >= 15 is 0 Å². The zero-order valence-corrected chi connectivity index (χ0v) is 16.8. The van der Waals surface area contributed by atoms with Gasteiger partial charge in [-0.25, -0.2) is 8.42 Å². The quantitative estimate of drug-likeness (QED) is 0.847. The van der Waals surface area contributed by atoms with Crippen LogP contribution in [-0.2, 0) is 14.8 Å². The average Bonchev–Trinajstić information content (AvgIpc) is 3.13. The summed E-state index contributed by atoms with van der Waals surface area (Å²) >= 11 is 0. The van der Waals surface area contributed by atoms with Gasteiger partial charge in [0.25, 0.3) is 0 Å². The van der Waals surface area contributed by atoms with E-state index in [9.17, 15) is 13.2 Å². The number of carbonyl (C=O) groups is 1. The summed E-state index contributed by atoms with van der Waals surface area (Å²) in [5.74, 6) is -0.00578. The molecule has 1 N–H and O–H groups in total. The van der Waals surface area contributed by atoms with Gasteiger partial charge in [0.15, 0.2) is 0 Å². The smallest absolute Gasteiger partial charge is 0.243 e. The molecule has 1 fully saturated rings. The SMILES string of the molecule is Cc1ccc(S(=O)(=O)N2CCC[C@@H]2C(=O)Nc2ccccc2C(C)C)cc1. The number of sulfonamides is 1. The Bertz CT molecular complexity index is 921. The van der Waals surface area contributed by atoms with E-state index in [4.69, 9.17) is 0 Å². The Morgan fingerprint density at radius 3 is 2.44 bits per heavy atom. The number of aryl methyl sites for hydroxylation is 1. The highest BCUT2D eigenvalue weighted by molar-refractivity contribution is 7.89. The van der Waals surface area contributed by atoms with Gasteiger partial charge < -0.3 is 5.32 Å². The maximum Gasteiger partial charge on any atom is 0.243 e. The molecule has 0 unspecified atom stereocenters. The van der Waals surface area contributed by atoms with Crippen molar-refractivity contribution >= 4 is 21.6 Å². The second-order valence-corrected chi connectivity index (χ2v) is 9.21. The maximum absolute atomic E-state index is 13.0. The van der Waals surface area contributed by atoms with Crippen LogP contribution in [0.5, 0.6) is 0 Å². The molecule has 2 aromatic rings. The van der Waals surface area contributed by atoms with E-state index < -0.39 is 16.1 Å². The molecule has 1 aliphatic rings. The largest absolute Gasteiger partial charge is 0.324 e. The van der Waals surface area contributed by atoms with Crippen molar-refractivity contribution in [3.63, 3.8) is 0 Å². The zero-order valence-electron chi connectivity index (χ0n) is 16.0. The molecule has 0 radical (unpaired) electrons. The first-order valence-electron chi connectivity index (χ1n) is 9.29. The molecule has 144 valence electrons. The Labute approximate surface area is 161 Å². The first-order chi connectivity index (χ1) is 12.8. The number of anilines is 1. The van der Waals surface area contributed by atoms with Crippen molar-refractivity contribution in [2.45, 2.75) is 50.5 Å². The van der Waals surface area contributed by atoms with Crippen molar-refractivity contribution in [2.24, 2.45) is 0 Å². The summed E-state index contributed by atoms with van der Waals surface area (Å²) in [5.41, 5.74) is 2.78. The van der Waals surface area contributed by atoms with Crippen LogP contribution in [0.1, 0.15) is 43.7 Å². The van der Waals surface area contributed by atoms with Crippen molar-refractivity contribution in [1.82, 2.24) is 4.31 Å². The number of nitrogens with one attached hydrogen (secondary N) is 1. The van der Waals surface area contributed by atoms with Crippen LogP contribution in [0.25, 0.3) is 0 Å². The molecule has 0 bridgehead atoms. The lowest BCUT2D eigenvalue weighted by Crippen LogP contribution is -2.43. The summed E-state index contributed by atoms with van der Waals surface area (Å²) in [4.78, 5) is 13.1. The molecule has 0 aromatic heterocycles. The van der Waals surface area contributed by atoms with Gasteiger partial charge in [0.1, 0.15) is 6.04 Å². The highest BCUT2D eigenvalue weighted by Gasteiger charge is 2.39. The third kappa shape index (κ3) is 4.06. The summed E-state index contributed by atoms with van der Waals surface area (Å²) in [6.45, 7) is 6.40. The number of para-hydroxylation sites is 1. The highest BCUT2D eigenvalue weighted by atomic mass is 32.2. The fraction of sp³-hybridized carbons (Fsp3) is 0.381. The third-order valence-electron chi connectivity index (χ3n) is 4.97. The molecule has 1 amide bonds. The van der Waals surface area contributed by atoms with Crippen molar-refractivity contribution in [1.29, 1.82) is 0 Å². The molecule has 0 spiro atoms. The van der Waals surface area contributed by atoms with Gasteiger partial charge in [-0.2, -0.15) is 4.31 Å². The topological polar surface area (TPSA) is 66.5 Å². The predicted molar refractivity (Wildman–Crippen MR) is 107 cm³/mol. The number of hydrogen-bond donors (Lipinski definition) is 1. The normalized spacial score (nSPS) is 18.0. The van der Waals surface area contributed by atoms with Crippen LogP contribution in [0.3, 0.4) is 0 Å². The Morgan fingerprint density at radius 1 is 1.11 bits per heavy atom. The minimum absolute atomic E-state index is 0.232. The fourth-order valence-electron chi connectivity index (χ4n) is 3.47. The minimum Gasteiger partial charge on any atom is -0.324 e. The summed E-state index contributed by atoms with van der Waals surface area (Å²) in [7, 11) is -3.70. The zero-order chi connectivity index (χ0) is 19.6. The highest BCUT2D eigenvalue weighted by Crippen LogP contribution is 2.29. The van der Waals surface area contributed by atoms with Gasteiger partial charge in [-0.15, -0.1) is 0 Å². The van der Waals surface area contributed by atoms with Crippen molar-refractivity contribution in [3.8, 4) is 0 Å². The van der Waals surface area contributed by atoms with Gasteiger partial charge >= 0.3 is 0 Å². The molecule has 1 aliphatic heterocycles. The first-order valence-corrected chi connectivity index (χ1v) is 10.7. The van der Waals surface area contributed by atoms with Crippen molar-refractivity contribution < 1.29 is 13.2 Å². The van der Waals surface area contributed by atoms with E-state index in [1.165, 1.54) is 4.31 Å². The van der Waals surface area contributed by atoms with E-state index in [1.807, 2.05) is 31.2 Å². The predicted octanol–water partition coefficient (Wildman–Crippen LogP) is 3.91. The standard InChI is InChI=1S/C21H26N2O3S/c1-15(2)18-7-4-5-8-19(18)22-21(24)20-9-6-14-23(20)27(25,26)17-12-10-16(3)11-13-17/h4-5,7-8,10-13,15,20H,6,9,14H2,1-3H3,(H,22,24)/t20-/m1/s1. The Morgan fingerprint density at radius 2 is 1.78 bits per heavy atom. The Kier molecular flexibility index (Phi) is 5.67. The van der Waals surface area contributed by atoms with Gasteiger partial charge in [0.05, 0.1) is 4.90 Å². The van der Waals surface area contributed by atoms with Gasteiger partial charge in [0.2, 0.25) is 15.9 Å². The molecule has 3 rings (SSSR count). The lowest BCUT2D eigenvalue weighted by molar-refractivity contribution is -0.119.